The van der Waals surface area contributed by atoms with Crippen molar-refractivity contribution in [2.24, 2.45) is 7.05 Å². The van der Waals surface area contributed by atoms with Gasteiger partial charge in [0.2, 0.25) is 0 Å². The fourth-order valence-corrected chi connectivity index (χ4v) is 2.46. The van der Waals surface area contributed by atoms with E-state index in [0.29, 0.717) is 0 Å². The fraction of sp³-hybridized carbons (Fsp3) is 0.143. The van der Waals surface area contributed by atoms with Crippen molar-refractivity contribution in [1.29, 1.82) is 0 Å². The standard InChI is InChI=1S/C7H5Br2N3/c1-12-3-10-7-6(12)4(8)2-5(9)11-7/h2-3H,1H3. The van der Waals surface area contributed by atoms with Crippen LogP contribution >= 0.6 is 31.9 Å². The Hall–Kier alpha value is -0.420. The van der Waals surface area contributed by atoms with Crippen LogP contribution in [0.5, 0.6) is 0 Å². The van der Waals surface area contributed by atoms with E-state index >= 15 is 0 Å². The van der Waals surface area contributed by atoms with Crippen LogP contribution in [-0.4, -0.2) is 14.5 Å². The first kappa shape index (κ1) is 8.19. The summed E-state index contributed by atoms with van der Waals surface area (Å²) in [6, 6.07) is 1.91. The molecule has 2 aromatic heterocycles. The molecule has 0 fully saturated rings. The molecule has 0 aliphatic carbocycles. The maximum Gasteiger partial charge on any atom is 0.179 e. The predicted octanol–water partition coefficient (Wildman–Crippen LogP) is 2.49. The highest BCUT2D eigenvalue weighted by molar-refractivity contribution is 9.11. The molecule has 0 atom stereocenters. The number of hydrogen-bond acceptors (Lipinski definition) is 2. The van der Waals surface area contributed by atoms with Crippen LogP contribution in [0.2, 0.25) is 0 Å². The Bertz CT molecular complexity index is 435. The second-order valence-electron chi connectivity index (χ2n) is 2.45. The number of imidazole rings is 1. The summed E-state index contributed by atoms with van der Waals surface area (Å²) < 4.78 is 3.72. The molecule has 5 heteroatoms. The zero-order valence-corrected chi connectivity index (χ0v) is 9.42. The maximum atomic E-state index is 4.21. The van der Waals surface area contributed by atoms with E-state index in [1.807, 2.05) is 17.7 Å². The molecule has 0 saturated heterocycles. The third kappa shape index (κ3) is 1.17. The molecule has 0 unspecified atom stereocenters. The van der Waals surface area contributed by atoms with Gasteiger partial charge in [0.25, 0.3) is 0 Å². The lowest BCUT2D eigenvalue weighted by Crippen LogP contribution is -1.86. The Balaban J connectivity index is 2.93. The van der Waals surface area contributed by atoms with Crippen LogP contribution < -0.4 is 0 Å². The molecule has 2 rings (SSSR count). The van der Waals surface area contributed by atoms with E-state index in [2.05, 4.69) is 41.8 Å². The molecule has 0 aliphatic rings. The largest absolute Gasteiger partial charge is 0.331 e. The van der Waals surface area contributed by atoms with E-state index in [1.54, 1.807) is 6.33 Å². The summed E-state index contributed by atoms with van der Waals surface area (Å²) in [6.07, 6.45) is 1.74. The molecule has 0 saturated carbocycles. The van der Waals surface area contributed by atoms with Gasteiger partial charge in [0.05, 0.1) is 6.33 Å². The van der Waals surface area contributed by atoms with Crippen LogP contribution in [0, 0.1) is 0 Å². The normalized spacial score (nSPS) is 10.9. The fourth-order valence-electron chi connectivity index (χ4n) is 1.08. The molecule has 0 radical (unpaired) electrons. The topological polar surface area (TPSA) is 30.7 Å². The molecule has 2 heterocycles. The number of rotatable bonds is 0. The average molecular weight is 291 g/mol. The van der Waals surface area contributed by atoms with Gasteiger partial charge in [-0.1, -0.05) is 0 Å². The third-order valence-electron chi connectivity index (χ3n) is 1.60. The third-order valence-corrected chi connectivity index (χ3v) is 2.61. The van der Waals surface area contributed by atoms with E-state index < -0.39 is 0 Å². The number of fused-ring (bicyclic) bond motifs is 1. The number of nitrogens with zero attached hydrogens (tertiary/aromatic N) is 3. The Morgan fingerprint density at radius 2 is 2.17 bits per heavy atom. The van der Waals surface area contributed by atoms with E-state index in [-0.39, 0.29) is 0 Å². The first-order valence-electron chi connectivity index (χ1n) is 3.31. The van der Waals surface area contributed by atoms with Crippen molar-refractivity contribution in [3.63, 3.8) is 0 Å². The van der Waals surface area contributed by atoms with Crippen molar-refractivity contribution in [3.05, 3.63) is 21.5 Å². The zero-order valence-electron chi connectivity index (χ0n) is 6.25. The molecule has 0 aliphatic heterocycles. The van der Waals surface area contributed by atoms with Crippen LogP contribution in [-0.2, 0) is 7.05 Å². The van der Waals surface area contributed by atoms with Crippen molar-refractivity contribution < 1.29 is 0 Å². The van der Waals surface area contributed by atoms with Crippen LogP contribution in [0.1, 0.15) is 0 Å². The summed E-state index contributed by atoms with van der Waals surface area (Å²) in [5.41, 5.74) is 1.76. The molecular formula is C7H5Br2N3. The highest BCUT2D eigenvalue weighted by Gasteiger charge is 2.06. The highest BCUT2D eigenvalue weighted by atomic mass is 79.9. The van der Waals surface area contributed by atoms with Gasteiger partial charge in [-0.2, -0.15) is 0 Å². The van der Waals surface area contributed by atoms with Crippen molar-refractivity contribution in [3.8, 4) is 0 Å². The SMILES string of the molecule is Cn1cnc2nc(Br)cc(Br)c21. The first-order chi connectivity index (χ1) is 5.68. The monoisotopic (exact) mass is 289 g/mol. The van der Waals surface area contributed by atoms with Crippen molar-refractivity contribution in [1.82, 2.24) is 14.5 Å². The van der Waals surface area contributed by atoms with E-state index in [1.165, 1.54) is 0 Å². The second kappa shape index (κ2) is 2.81. The minimum atomic E-state index is 0.749. The van der Waals surface area contributed by atoms with Gasteiger partial charge < -0.3 is 4.57 Å². The lowest BCUT2D eigenvalue weighted by Gasteiger charge is -1.97. The van der Waals surface area contributed by atoms with E-state index in [4.69, 9.17) is 0 Å². The summed E-state index contributed by atoms with van der Waals surface area (Å²) in [5, 5.41) is 0. The van der Waals surface area contributed by atoms with Gasteiger partial charge in [-0.3, -0.25) is 0 Å². The number of aromatic nitrogens is 3. The van der Waals surface area contributed by atoms with Crippen LogP contribution in [0.4, 0.5) is 0 Å². The smallest absolute Gasteiger partial charge is 0.179 e. The molecule has 0 bridgehead atoms. The molecule has 12 heavy (non-hydrogen) atoms. The highest BCUT2D eigenvalue weighted by Crippen LogP contribution is 2.24. The lowest BCUT2D eigenvalue weighted by atomic mass is 10.4. The van der Waals surface area contributed by atoms with Gasteiger partial charge in [-0.05, 0) is 37.9 Å². The molecular weight excluding hydrogens is 286 g/mol. The minimum Gasteiger partial charge on any atom is -0.331 e. The van der Waals surface area contributed by atoms with Gasteiger partial charge in [0, 0.05) is 11.5 Å². The average Bonchev–Trinajstić information content (AvgIpc) is 2.31. The lowest BCUT2D eigenvalue weighted by molar-refractivity contribution is 0.945. The summed E-state index contributed by atoms with van der Waals surface area (Å²) in [4.78, 5) is 8.34. The van der Waals surface area contributed by atoms with Crippen molar-refractivity contribution >= 4 is 43.0 Å². The number of halogens is 2. The summed E-state index contributed by atoms with van der Waals surface area (Å²) in [6.45, 7) is 0. The van der Waals surface area contributed by atoms with Gasteiger partial charge in [0.15, 0.2) is 5.65 Å². The number of pyridine rings is 1. The van der Waals surface area contributed by atoms with Gasteiger partial charge in [-0.15, -0.1) is 0 Å². The van der Waals surface area contributed by atoms with Gasteiger partial charge in [0.1, 0.15) is 10.1 Å². The minimum absolute atomic E-state index is 0.749. The van der Waals surface area contributed by atoms with Crippen LogP contribution in [0.15, 0.2) is 21.5 Å². The molecule has 0 spiro atoms. The van der Waals surface area contributed by atoms with Crippen molar-refractivity contribution in [2.45, 2.75) is 0 Å². The Morgan fingerprint density at radius 1 is 1.42 bits per heavy atom. The summed E-state index contributed by atoms with van der Waals surface area (Å²) in [7, 11) is 1.94. The van der Waals surface area contributed by atoms with Crippen molar-refractivity contribution in [2.75, 3.05) is 0 Å². The maximum absolute atomic E-state index is 4.21. The predicted molar refractivity (Wildman–Crippen MR) is 53.9 cm³/mol. The van der Waals surface area contributed by atoms with E-state index in [0.717, 1.165) is 20.2 Å². The summed E-state index contributed by atoms with van der Waals surface area (Å²) >= 11 is 6.75. The molecule has 0 amide bonds. The summed E-state index contributed by atoms with van der Waals surface area (Å²) in [5.74, 6) is 0. The molecule has 3 nitrogen and oxygen atoms in total. The Labute approximate surface area is 86.1 Å². The number of hydrogen-bond donors (Lipinski definition) is 0. The molecule has 2 aromatic rings. The Morgan fingerprint density at radius 3 is 2.92 bits per heavy atom. The van der Waals surface area contributed by atoms with Crippen LogP contribution in [0.3, 0.4) is 0 Å². The Kier molecular flexibility index (Phi) is 1.92. The van der Waals surface area contributed by atoms with Gasteiger partial charge >= 0.3 is 0 Å². The van der Waals surface area contributed by atoms with Crippen LogP contribution in [0.25, 0.3) is 11.2 Å². The van der Waals surface area contributed by atoms with Gasteiger partial charge in [-0.25, -0.2) is 9.97 Å². The first-order valence-corrected chi connectivity index (χ1v) is 4.90. The second-order valence-corrected chi connectivity index (χ2v) is 4.12. The zero-order chi connectivity index (χ0) is 8.72. The molecule has 0 aromatic carbocycles. The number of aryl methyl sites for hydroxylation is 1. The quantitative estimate of drug-likeness (QED) is 0.698. The molecule has 0 N–H and O–H groups in total. The molecule has 62 valence electrons. The van der Waals surface area contributed by atoms with E-state index in [9.17, 15) is 0 Å².